The van der Waals surface area contributed by atoms with Crippen LogP contribution in [-0.4, -0.2) is 9.97 Å². The molecule has 5 heteroatoms. The third-order valence-corrected chi connectivity index (χ3v) is 3.00. The molecule has 1 heterocycles. The van der Waals surface area contributed by atoms with Crippen LogP contribution in [0.5, 0.6) is 11.6 Å². The van der Waals surface area contributed by atoms with Gasteiger partial charge in [-0.1, -0.05) is 30.1 Å². The molecule has 0 atom stereocenters. The van der Waals surface area contributed by atoms with Crippen LogP contribution in [0.4, 0.5) is 0 Å². The van der Waals surface area contributed by atoms with Crippen molar-refractivity contribution in [3.63, 3.8) is 0 Å². The van der Waals surface area contributed by atoms with Gasteiger partial charge in [0.1, 0.15) is 16.7 Å². The Labute approximate surface area is 116 Å². The van der Waals surface area contributed by atoms with E-state index in [1.165, 1.54) is 0 Å². The fourth-order valence-electron chi connectivity index (χ4n) is 1.45. The molecule has 1 aromatic heterocycles. The van der Waals surface area contributed by atoms with E-state index in [4.69, 9.17) is 27.9 Å². The van der Waals surface area contributed by atoms with Crippen molar-refractivity contribution in [1.29, 1.82) is 0 Å². The Hall–Kier alpha value is -1.32. The lowest BCUT2D eigenvalue weighted by atomic mass is 10.2. The summed E-state index contributed by atoms with van der Waals surface area (Å²) in [7, 11) is 0. The quantitative estimate of drug-likeness (QED) is 0.781. The predicted molar refractivity (Wildman–Crippen MR) is 72.7 cm³/mol. The van der Waals surface area contributed by atoms with E-state index in [9.17, 15) is 0 Å². The lowest BCUT2D eigenvalue weighted by Crippen LogP contribution is -1.96. The van der Waals surface area contributed by atoms with E-state index in [0.717, 1.165) is 5.56 Å². The van der Waals surface area contributed by atoms with Crippen molar-refractivity contribution in [2.45, 2.75) is 20.3 Å². The molecule has 0 aliphatic heterocycles. The van der Waals surface area contributed by atoms with Gasteiger partial charge >= 0.3 is 0 Å². The molecule has 0 amide bonds. The lowest BCUT2D eigenvalue weighted by Gasteiger charge is -2.07. The van der Waals surface area contributed by atoms with E-state index in [2.05, 4.69) is 9.97 Å². The molecule has 94 valence electrons. The maximum atomic E-state index is 5.95. The van der Waals surface area contributed by atoms with E-state index in [1.807, 2.05) is 19.9 Å². The number of aromatic nitrogens is 2. The number of hydrogen-bond donors (Lipinski definition) is 0. The topological polar surface area (TPSA) is 35.0 Å². The Morgan fingerprint density at radius 3 is 2.61 bits per heavy atom. The lowest BCUT2D eigenvalue weighted by molar-refractivity contribution is 0.458. The van der Waals surface area contributed by atoms with Crippen LogP contribution in [0, 0.1) is 6.92 Å². The van der Waals surface area contributed by atoms with E-state index < -0.39 is 0 Å². The van der Waals surface area contributed by atoms with Gasteiger partial charge in [0.15, 0.2) is 0 Å². The third kappa shape index (κ3) is 3.12. The molecule has 3 nitrogen and oxygen atoms in total. The van der Waals surface area contributed by atoms with Gasteiger partial charge in [-0.2, -0.15) is 4.98 Å². The maximum Gasteiger partial charge on any atom is 0.224 e. The zero-order valence-electron chi connectivity index (χ0n) is 10.1. The van der Waals surface area contributed by atoms with Crippen molar-refractivity contribution in [2.24, 2.45) is 0 Å². The minimum Gasteiger partial charge on any atom is -0.439 e. The summed E-state index contributed by atoms with van der Waals surface area (Å²) in [5, 5.41) is 1.08. The average molecular weight is 283 g/mol. The monoisotopic (exact) mass is 282 g/mol. The van der Waals surface area contributed by atoms with Gasteiger partial charge < -0.3 is 4.74 Å². The number of ether oxygens (including phenoxy) is 1. The molecule has 0 unspecified atom stereocenters. The molecular weight excluding hydrogens is 271 g/mol. The van der Waals surface area contributed by atoms with Crippen molar-refractivity contribution >= 4 is 23.2 Å². The minimum atomic E-state index is 0.377. The second kappa shape index (κ2) is 5.55. The SMILES string of the molecule is CCc1nc(Cl)cc(Oc2ccc(Cl)c(C)c2)n1. The zero-order chi connectivity index (χ0) is 13.1. The molecule has 2 aromatic rings. The van der Waals surface area contributed by atoms with Gasteiger partial charge in [0.05, 0.1) is 0 Å². The molecule has 0 bridgehead atoms. The zero-order valence-corrected chi connectivity index (χ0v) is 11.6. The highest BCUT2D eigenvalue weighted by molar-refractivity contribution is 6.31. The molecular formula is C13H12Cl2N2O. The number of benzene rings is 1. The summed E-state index contributed by atoms with van der Waals surface area (Å²) in [4.78, 5) is 8.33. The van der Waals surface area contributed by atoms with Gasteiger partial charge in [-0.05, 0) is 30.7 Å². The van der Waals surface area contributed by atoms with Gasteiger partial charge in [0.25, 0.3) is 0 Å². The van der Waals surface area contributed by atoms with E-state index in [-0.39, 0.29) is 0 Å². The molecule has 0 aliphatic carbocycles. The first-order valence-corrected chi connectivity index (χ1v) is 6.31. The fraction of sp³-hybridized carbons (Fsp3) is 0.231. The predicted octanol–water partition coefficient (Wildman–Crippen LogP) is 4.45. The van der Waals surface area contributed by atoms with Crippen molar-refractivity contribution in [3.8, 4) is 11.6 Å². The molecule has 0 fully saturated rings. The van der Waals surface area contributed by atoms with Gasteiger partial charge in [-0.3, -0.25) is 0 Å². The van der Waals surface area contributed by atoms with Crippen molar-refractivity contribution < 1.29 is 4.74 Å². The molecule has 0 N–H and O–H groups in total. The van der Waals surface area contributed by atoms with Crippen LogP contribution in [-0.2, 0) is 6.42 Å². The summed E-state index contributed by atoms with van der Waals surface area (Å²) in [5.74, 6) is 1.77. The van der Waals surface area contributed by atoms with Gasteiger partial charge in [0, 0.05) is 17.5 Å². The summed E-state index contributed by atoms with van der Waals surface area (Å²) < 4.78 is 5.64. The molecule has 2 rings (SSSR count). The van der Waals surface area contributed by atoms with Crippen LogP contribution in [0.15, 0.2) is 24.3 Å². The number of halogens is 2. The van der Waals surface area contributed by atoms with Gasteiger partial charge in [0.2, 0.25) is 5.88 Å². The number of hydrogen-bond acceptors (Lipinski definition) is 3. The number of nitrogens with zero attached hydrogens (tertiary/aromatic N) is 2. The number of aryl methyl sites for hydroxylation is 2. The highest BCUT2D eigenvalue weighted by Gasteiger charge is 2.05. The molecule has 0 saturated heterocycles. The van der Waals surface area contributed by atoms with E-state index in [1.54, 1.807) is 18.2 Å². The fourth-order valence-corrected chi connectivity index (χ4v) is 1.76. The van der Waals surface area contributed by atoms with Crippen LogP contribution in [0.2, 0.25) is 10.2 Å². The molecule has 0 aliphatic rings. The van der Waals surface area contributed by atoms with Crippen molar-refractivity contribution in [2.75, 3.05) is 0 Å². The van der Waals surface area contributed by atoms with Crippen LogP contribution in [0.25, 0.3) is 0 Å². The Bertz CT molecular complexity index is 573. The molecule has 0 saturated carbocycles. The van der Waals surface area contributed by atoms with E-state index in [0.29, 0.717) is 34.1 Å². The highest BCUT2D eigenvalue weighted by Crippen LogP contribution is 2.25. The molecule has 18 heavy (non-hydrogen) atoms. The summed E-state index contributed by atoms with van der Waals surface area (Å²) in [6, 6.07) is 7.02. The maximum absolute atomic E-state index is 5.95. The molecule has 1 aromatic carbocycles. The Morgan fingerprint density at radius 1 is 1.17 bits per heavy atom. The molecule has 0 spiro atoms. The Kier molecular flexibility index (Phi) is 4.04. The van der Waals surface area contributed by atoms with Crippen molar-refractivity contribution in [1.82, 2.24) is 9.97 Å². The largest absolute Gasteiger partial charge is 0.439 e. The number of rotatable bonds is 3. The Balaban J connectivity index is 2.27. The first kappa shape index (κ1) is 13.1. The normalized spacial score (nSPS) is 10.4. The van der Waals surface area contributed by atoms with E-state index >= 15 is 0 Å². The average Bonchev–Trinajstić information content (AvgIpc) is 2.33. The third-order valence-electron chi connectivity index (χ3n) is 2.39. The second-order valence-electron chi connectivity index (χ2n) is 3.81. The minimum absolute atomic E-state index is 0.377. The summed E-state index contributed by atoms with van der Waals surface area (Å²) in [6.07, 6.45) is 0.705. The first-order valence-electron chi connectivity index (χ1n) is 5.56. The van der Waals surface area contributed by atoms with Crippen LogP contribution < -0.4 is 4.74 Å². The summed E-state index contributed by atoms with van der Waals surface area (Å²) in [6.45, 7) is 3.88. The second-order valence-corrected chi connectivity index (χ2v) is 4.61. The van der Waals surface area contributed by atoms with Crippen LogP contribution in [0.1, 0.15) is 18.3 Å². The van der Waals surface area contributed by atoms with Gasteiger partial charge in [-0.25, -0.2) is 4.98 Å². The smallest absolute Gasteiger partial charge is 0.224 e. The first-order chi connectivity index (χ1) is 8.58. The van der Waals surface area contributed by atoms with Crippen LogP contribution >= 0.6 is 23.2 Å². The van der Waals surface area contributed by atoms with Gasteiger partial charge in [-0.15, -0.1) is 0 Å². The van der Waals surface area contributed by atoms with Crippen LogP contribution in [0.3, 0.4) is 0 Å². The molecule has 0 radical (unpaired) electrons. The summed E-state index contributed by atoms with van der Waals surface area (Å²) in [5.41, 5.74) is 0.949. The standard InChI is InChI=1S/C13H12Cl2N2O/c1-3-12-16-11(15)7-13(17-12)18-9-4-5-10(14)8(2)6-9/h4-7H,3H2,1-2H3. The van der Waals surface area contributed by atoms with Crippen molar-refractivity contribution in [3.05, 3.63) is 45.8 Å². The highest BCUT2D eigenvalue weighted by atomic mass is 35.5. The Morgan fingerprint density at radius 2 is 1.94 bits per heavy atom. The summed E-state index contributed by atoms with van der Waals surface area (Å²) >= 11 is 11.9.